The predicted molar refractivity (Wildman–Crippen MR) is 85.2 cm³/mol. The number of nitrogens with zero attached hydrogens (tertiary/aromatic N) is 2. The van der Waals surface area contributed by atoms with E-state index in [-0.39, 0.29) is 6.61 Å². The molecule has 0 spiro atoms. The lowest BCUT2D eigenvalue weighted by molar-refractivity contribution is -0.146. The van der Waals surface area contributed by atoms with Gasteiger partial charge in [0.2, 0.25) is 0 Å². The van der Waals surface area contributed by atoms with E-state index in [4.69, 9.17) is 9.47 Å². The molecule has 1 aliphatic heterocycles. The van der Waals surface area contributed by atoms with E-state index in [9.17, 15) is 14.4 Å². The molecule has 0 bridgehead atoms. The van der Waals surface area contributed by atoms with Crippen LogP contribution >= 0.6 is 0 Å². The molecule has 1 aromatic rings. The highest BCUT2D eigenvalue weighted by atomic mass is 16.6. The highest BCUT2D eigenvalue weighted by Gasteiger charge is 2.48. The van der Waals surface area contributed by atoms with Gasteiger partial charge in [-0.25, -0.2) is 9.59 Å². The zero-order valence-electron chi connectivity index (χ0n) is 13.9. The number of esters is 1. The second-order valence-electron chi connectivity index (χ2n) is 5.59. The molecule has 0 saturated carbocycles. The molecular formula is C17H20N2O5. The molecule has 0 N–H and O–H groups in total. The molecule has 0 atom stereocenters. The minimum Gasteiger partial charge on any atom is -0.463 e. The van der Waals surface area contributed by atoms with Gasteiger partial charge in [-0.15, -0.1) is 0 Å². The summed E-state index contributed by atoms with van der Waals surface area (Å²) in [7, 11) is 0. The summed E-state index contributed by atoms with van der Waals surface area (Å²) < 4.78 is 9.98. The molecular weight excluding hydrogens is 312 g/mol. The second kappa shape index (κ2) is 7.27. The second-order valence-corrected chi connectivity index (χ2v) is 5.59. The molecule has 0 aliphatic carbocycles. The van der Waals surface area contributed by atoms with Crippen LogP contribution in [0.2, 0.25) is 0 Å². The van der Waals surface area contributed by atoms with E-state index in [1.807, 2.05) is 30.3 Å². The third-order valence-electron chi connectivity index (χ3n) is 3.41. The van der Waals surface area contributed by atoms with Gasteiger partial charge in [-0.2, -0.15) is 10.0 Å². The fraction of sp³-hybridized carbons (Fsp3) is 0.353. The van der Waals surface area contributed by atoms with Gasteiger partial charge in [0.05, 0.1) is 6.61 Å². The molecule has 0 radical (unpaired) electrons. The normalized spacial score (nSPS) is 17.1. The van der Waals surface area contributed by atoms with E-state index >= 15 is 0 Å². The Morgan fingerprint density at radius 1 is 1.21 bits per heavy atom. The van der Waals surface area contributed by atoms with Crippen LogP contribution in [0, 0.1) is 0 Å². The molecule has 2 amide bonds. The van der Waals surface area contributed by atoms with Gasteiger partial charge in [0.25, 0.3) is 5.91 Å². The van der Waals surface area contributed by atoms with Crippen molar-refractivity contribution in [2.45, 2.75) is 33.0 Å². The maximum atomic E-state index is 12.3. The van der Waals surface area contributed by atoms with Gasteiger partial charge in [-0.1, -0.05) is 30.3 Å². The van der Waals surface area contributed by atoms with Crippen LogP contribution in [0.5, 0.6) is 0 Å². The van der Waals surface area contributed by atoms with Gasteiger partial charge in [0.15, 0.2) is 5.72 Å². The van der Waals surface area contributed by atoms with Crippen LogP contribution in [-0.2, 0) is 25.6 Å². The van der Waals surface area contributed by atoms with Crippen molar-refractivity contribution in [2.75, 3.05) is 6.61 Å². The van der Waals surface area contributed by atoms with Crippen molar-refractivity contribution in [1.82, 2.24) is 10.0 Å². The van der Waals surface area contributed by atoms with Crippen molar-refractivity contribution in [1.29, 1.82) is 0 Å². The van der Waals surface area contributed by atoms with Crippen LogP contribution in [0.4, 0.5) is 4.79 Å². The lowest BCUT2D eigenvalue weighted by atomic mass is 10.2. The van der Waals surface area contributed by atoms with Gasteiger partial charge in [-0.05, 0) is 26.3 Å². The van der Waals surface area contributed by atoms with E-state index in [2.05, 4.69) is 0 Å². The maximum absolute atomic E-state index is 12.3. The molecule has 128 valence electrons. The third-order valence-corrected chi connectivity index (χ3v) is 3.41. The molecule has 0 unspecified atom stereocenters. The topological polar surface area (TPSA) is 76.2 Å². The fourth-order valence-corrected chi connectivity index (χ4v) is 2.28. The van der Waals surface area contributed by atoms with Crippen molar-refractivity contribution in [3.63, 3.8) is 0 Å². The van der Waals surface area contributed by atoms with Crippen molar-refractivity contribution in [3.05, 3.63) is 48.0 Å². The van der Waals surface area contributed by atoms with Crippen LogP contribution in [0.3, 0.4) is 0 Å². The Labute approximate surface area is 140 Å². The van der Waals surface area contributed by atoms with Crippen LogP contribution in [0.1, 0.15) is 26.3 Å². The molecule has 1 heterocycles. The number of hydrogen-bond donors (Lipinski definition) is 0. The first-order chi connectivity index (χ1) is 11.3. The smallest absolute Gasteiger partial charge is 0.433 e. The van der Waals surface area contributed by atoms with E-state index in [0.29, 0.717) is 6.54 Å². The predicted octanol–water partition coefficient (Wildman–Crippen LogP) is 2.24. The van der Waals surface area contributed by atoms with E-state index < -0.39 is 23.7 Å². The van der Waals surface area contributed by atoms with Gasteiger partial charge >= 0.3 is 12.1 Å². The number of rotatable bonds is 5. The first kappa shape index (κ1) is 17.7. The number of carbonyl (C=O) groups is 3. The summed E-state index contributed by atoms with van der Waals surface area (Å²) in [5.74, 6) is -1.32. The Morgan fingerprint density at radius 3 is 2.50 bits per heavy atom. The van der Waals surface area contributed by atoms with Crippen molar-refractivity contribution in [3.8, 4) is 0 Å². The number of hydrazine groups is 1. The highest BCUT2D eigenvalue weighted by molar-refractivity contribution is 6.01. The summed E-state index contributed by atoms with van der Waals surface area (Å²) in [6.45, 7) is 5.55. The molecule has 1 fully saturated rings. The molecule has 0 aromatic heterocycles. The molecule has 1 saturated heterocycles. The Morgan fingerprint density at radius 2 is 1.88 bits per heavy atom. The number of ether oxygens (including phenoxy) is 2. The molecule has 1 aliphatic rings. The standard InChI is InChI=1S/C17H20N2O5/c1-4-23-15(21)11-10-14(20)19-16(22)24-17(2,3)18(19)12-13-8-6-5-7-9-13/h5-11H,4,12H2,1-3H3/b11-10+. The fourth-order valence-electron chi connectivity index (χ4n) is 2.28. The molecule has 2 rings (SSSR count). The van der Waals surface area contributed by atoms with Gasteiger partial charge < -0.3 is 9.47 Å². The Balaban J connectivity index is 2.20. The molecule has 7 heteroatoms. The molecule has 7 nitrogen and oxygen atoms in total. The largest absolute Gasteiger partial charge is 0.463 e. The van der Waals surface area contributed by atoms with E-state index in [0.717, 1.165) is 22.7 Å². The minimum atomic E-state index is -0.986. The maximum Gasteiger partial charge on any atom is 0.433 e. The van der Waals surface area contributed by atoms with Gasteiger partial charge in [0, 0.05) is 18.7 Å². The Kier molecular flexibility index (Phi) is 5.35. The van der Waals surface area contributed by atoms with Crippen molar-refractivity contribution < 1.29 is 23.9 Å². The summed E-state index contributed by atoms with van der Waals surface area (Å²) >= 11 is 0. The Bertz CT molecular complexity index is 654. The summed E-state index contributed by atoms with van der Waals surface area (Å²) in [6.07, 6.45) is 1.21. The highest BCUT2D eigenvalue weighted by Crippen LogP contribution is 2.30. The van der Waals surface area contributed by atoms with Crippen molar-refractivity contribution in [2.24, 2.45) is 0 Å². The average molecular weight is 332 g/mol. The van der Waals surface area contributed by atoms with Gasteiger partial charge in [0.1, 0.15) is 0 Å². The van der Waals surface area contributed by atoms with E-state index in [1.165, 1.54) is 5.01 Å². The zero-order chi connectivity index (χ0) is 17.7. The lowest BCUT2D eigenvalue weighted by Crippen LogP contribution is -2.48. The Hall–Kier alpha value is -2.67. The minimum absolute atomic E-state index is 0.205. The number of benzene rings is 1. The third kappa shape index (κ3) is 3.99. The SMILES string of the molecule is CCOC(=O)/C=C/C(=O)N1C(=O)OC(C)(C)N1Cc1ccccc1. The summed E-state index contributed by atoms with van der Waals surface area (Å²) in [6, 6.07) is 9.39. The van der Waals surface area contributed by atoms with Crippen LogP contribution in [0.25, 0.3) is 0 Å². The van der Waals surface area contributed by atoms with Crippen LogP contribution in [-0.4, -0.2) is 40.3 Å². The number of amides is 2. The number of carbonyl (C=O) groups excluding carboxylic acids is 3. The number of cyclic esters (lactones) is 1. The number of hydrogen-bond acceptors (Lipinski definition) is 6. The molecule has 1 aromatic carbocycles. The zero-order valence-corrected chi connectivity index (χ0v) is 13.9. The number of imide groups is 1. The first-order valence-electron chi connectivity index (χ1n) is 7.58. The monoisotopic (exact) mass is 332 g/mol. The summed E-state index contributed by atoms with van der Waals surface area (Å²) in [5, 5.41) is 2.41. The molecule has 24 heavy (non-hydrogen) atoms. The van der Waals surface area contributed by atoms with Gasteiger partial charge in [-0.3, -0.25) is 4.79 Å². The lowest BCUT2D eigenvalue weighted by Gasteiger charge is -2.31. The summed E-state index contributed by atoms with van der Waals surface area (Å²) in [5.41, 5.74) is -0.0728. The average Bonchev–Trinajstić information content (AvgIpc) is 2.75. The summed E-state index contributed by atoms with van der Waals surface area (Å²) in [4.78, 5) is 35.8. The van der Waals surface area contributed by atoms with E-state index in [1.54, 1.807) is 20.8 Å². The quantitative estimate of drug-likeness (QED) is 0.608. The van der Waals surface area contributed by atoms with Crippen molar-refractivity contribution >= 4 is 18.0 Å². The van der Waals surface area contributed by atoms with Crippen LogP contribution in [0.15, 0.2) is 42.5 Å². The first-order valence-corrected chi connectivity index (χ1v) is 7.58. The van der Waals surface area contributed by atoms with Crippen LogP contribution < -0.4 is 0 Å².